The van der Waals surface area contributed by atoms with E-state index in [0.29, 0.717) is 27.6 Å². The second kappa shape index (κ2) is 18.7. The third-order valence-electron chi connectivity index (χ3n) is 14.9. The number of hydrogen-bond acceptors (Lipinski definition) is 5. The minimum atomic E-state index is 0.494. The number of thiophene rings is 1. The van der Waals surface area contributed by atoms with E-state index in [1.165, 1.54) is 31.3 Å². The Labute approximate surface area is 462 Å². The first-order valence-electron chi connectivity index (χ1n) is 25.8. The highest BCUT2D eigenvalue weighted by Gasteiger charge is 2.23. The van der Waals surface area contributed by atoms with E-state index in [4.69, 9.17) is 38.2 Å². The van der Waals surface area contributed by atoms with Crippen LogP contribution >= 0.6 is 34.5 Å². The Morgan fingerprint density at radius 2 is 0.782 bits per heavy atom. The third-order valence-corrected chi connectivity index (χ3v) is 16.6. The molecule has 0 bridgehead atoms. The number of anilines is 3. The predicted octanol–water partition coefficient (Wildman–Crippen LogP) is 19.9. The summed E-state index contributed by atoms with van der Waals surface area (Å²) in [6.07, 6.45) is 0. The lowest BCUT2D eigenvalue weighted by atomic mass is 10.0. The number of benzene rings is 11. The fourth-order valence-corrected chi connectivity index (χ4v) is 12.6. The van der Waals surface area contributed by atoms with Crippen LogP contribution in [0.15, 0.2) is 255 Å². The lowest BCUT2D eigenvalue weighted by Crippen LogP contribution is -2.09. The van der Waals surface area contributed by atoms with Crippen LogP contribution in [-0.4, -0.2) is 24.1 Å². The molecule has 0 N–H and O–H groups in total. The van der Waals surface area contributed by atoms with Gasteiger partial charge >= 0.3 is 0 Å². The van der Waals surface area contributed by atoms with Crippen LogP contribution in [0.1, 0.15) is 0 Å². The van der Waals surface area contributed by atoms with Crippen molar-refractivity contribution in [1.82, 2.24) is 24.1 Å². The molecule has 0 unspecified atom stereocenters. The summed E-state index contributed by atoms with van der Waals surface area (Å²) in [5.74, 6) is 1.55. The number of rotatable bonds is 9. The van der Waals surface area contributed by atoms with Crippen molar-refractivity contribution in [2.45, 2.75) is 0 Å². The fourth-order valence-electron chi connectivity index (χ4n) is 11.2. The average molecular weight is 1060 g/mol. The Morgan fingerprint density at radius 1 is 0.308 bits per heavy atom. The Hall–Kier alpha value is -9.37. The molecule has 15 aromatic rings. The number of nitrogens with zero attached hydrogens (tertiary/aromatic N) is 6. The summed E-state index contributed by atoms with van der Waals surface area (Å²) in [6.45, 7) is 0. The molecule has 11 aromatic carbocycles. The normalized spacial score (nSPS) is 11.7. The van der Waals surface area contributed by atoms with Gasteiger partial charge in [0.2, 0.25) is 5.95 Å². The van der Waals surface area contributed by atoms with Crippen LogP contribution in [-0.2, 0) is 0 Å². The van der Waals surface area contributed by atoms with E-state index in [0.717, 1.165) is 88.6 Å². The lowest BCUT2D eigenvalue weighted by Gasteiger charge is -2.26. The molecule has 0 aliphatic rings. The van der Waals surface area contributed by atoms with Crippen LogP contribution in [0.3, 0.4) is 0 Å². The zero-order chi connectivity index (χ0) is 51.8. The van der Waals surface area contributed by atoms with E-state index in [2.05, 4.69) is 220 Å². The molecule has 0 saturated carbocycles. The van der Waals surface area contributed by atoms with Crippen molar-refractivity contribution in [3.63, 3.8) is 0 Å². The van der Waals surface area contributed by atoms with Crippen LogP contribution in [0.4, 0.5) is 17.1 Å². The van der Waals surface area contributed by atoms with Gasteiger partial charge in [-0.05, 0) is 156 Å². The van der Waals surface area contributed by atoms with Crippen LogP contribution in [0.5, 0.6) is 0 Å². The largest absolute Gasteiger partial charge is 0.310 e. The zero-order valence-corrected chi connectivity index (χ0v) is 43.9. The monoisotopic (exact) mass is 1060 g/mol. The summed E-state index contributed by atoms with van der Waals surface area (Å²) in [6, 6.07) is 89.8. The molecule has 15 rings (SSSR count). The minimum absolute atomic E-state index is 0.494. The second-order valence-electron chi connectivity index (χ2n) is 19.5. The van der Waals surface area contributed by atoms with Gasteiger partial charge in [0, 0.05) is 85.6 Å². The molecule has 368 valence electrons. The molecule has 6 nitrogen and oxygen atoms in total. The van der Waals surface area contributed by atoms with Crippen molar-refractivity contribution in [3.8, 4) is 56.7 Å². The molecule has 0 fully saturated rings. The standard InChI is InChI=1S/C69H42Cl2N6S/c70-49-28-19-46(20-29-49)67-72-68(47-21-30-50(71)31-22-47)74-69(73-67)77-62-38-27-48(39-58(62)60-42-63-59(41-64(60)77)55-15-7-9-17-61(55)76(63)51-13-5-2-6-14-51)45-25-34-53(35-26-45)75(52-32-23-44(24-33-52)43-11-3-1-4-12-43)54-36-37-57-56-16-8-10-18-65(56)78-66(57)40-54/h1-42H. The second-order valence-corrected chi connectivity index (χ2v) is 21.5. The summed E-state index contributed by atoms with van der Waals surface area (Å²) in [5.41, 5.74) is 14.7. The maximum absolute atomic E-state index is 6.42. The summed E-state index contributed by atoms with van der Waals surface area (Å²) in [4.78, 5) is 18.0. The quantitative estimate of drug-likeness (QED) is 0.145. The van der Waals surface area contributed by atoms with Crippen molar-refractivity contribution >= 4 is 115 Å². The van der Waals surface area contributed by atoms with Gasteiger partial charge in [0.15, 0.2) is 11.6 Å². The number of para-hydroxylation sites is 2. The SMILES string of the molecule is Clc1ccc(-c2nc(-c3ccc(Cl)cc3)nc(-n3c4ccc(-c5ccc(N(c6ccc(-c7ccccc7)cc6)c6ccc7c(c6)sc6ccccc67)cc5)cc4c4cc5c(cc43)c3ccccc3n5-c3ccccc3)n2)cc1. The van der Waals surface area contributed by atoms with Crippen molar-refractivity contribution in [1.29, 1.82) is 0 Å². The highest BCUT2D eigenvalue weighted by Crippen LogP contribution is 2.44. The van der Waals surface area contributed by atoms with Crippen molar-refractivity contribution in [2.75, 3.05) is 4.90 Å². The molecule has 0 aliphatic heterocycles. The van der Waals surface area contributed by atoms with Crippen molar-refractivity contribution in [3.05, 3.63) is 265 Å². The Bertz CT molecular complexity index is 4720. The van der Waals surface area contributed by atoms with Gasteiger partial charge in [-0.25, -0.2) is 4.98 Å². The smallest absolute Gasteiger partial charge is 0.238 e. The summed E-state index contributed by atoms with van der Waals surface area (Å²) in [7, 11) is 0. The van der Waals surface area contributed by atoms with Crippen LogP contribution in [0.2, 0.25) is 10.0 Å². The summed E-state index contributed by atoms with van der Waals surface area (Å²) < 4.78 is 7.11. The molecule has 78 heavy (non-hydrogen) atoms. The molecule has 0 amide bonds. The maximum atomic E-state index is 6.42. The van der Waals surface area contributed by atoms with Gasteiger partial charge < -0.3 is 9.47 Å². The van der Waals surface area contributed by atoms with E-state index in [1.54, 1.807) is 0 Å². The van der Waals surface area contributed by atoms with E-state index in [1.807, 2.05) is 59.9 Å². The highest BCUT2D eigenvalue weighted by atomic mass is 35.5. The van der Waals surface area contributed by atoms with Crippen LogP contribution < -0.4 is 4.90 Å². The topological polar surface area (TPSA) is 51.8 Å². The fraction of sp³-hybridized carbons (Fsp3) is 0. The van der Waals surface area contributed by atoms with Crippen LogP contribution in [0, 0.1) is 0 Å². The molecular weight excluding hydrogens is 1020 g/mol. The molecule has 0 spiro atoms. The van der Waals surface area contributed by atoms with Gasteiger partial charge in [-0.15, -0.1) is 11.3 Å². The first kappa shape index (κ1) is 46.0. The number of hydrogen-bond donors (Lipinski definition) is 0. The number of aromatic nitrogens is 5. The zero-order valence-electron chi connectivity index (χ0n) is 41.6. The molecule has 0 saturated heterocycles. The molecule has 0 aliphatic carbocycles. The van der Waals surface area contributed by atoms with Gasteiger partial charge in [-0.1, -0.05) is 145 Å². The Kier molecular flexibility index (Phi) is 11.0. The molecular formula is C69H42Cl2N6S. The lowest BCUT2D eigenvalue weighted by molar-refractivity contribution is 0.954. The van der Waals surface area contributed by atoms with Crippen molar-refractivity contribution < 1.29 is 0 Å². The molecule has 4 aromatic heterocycles. The van der Waals surface area contributed by atoms with E-state index >= 15 is 0 Å². The first-order chi connectivity index (χ1) is 38.5. The molecule has 0 radical (unpaired) electrons. The van der Waals surface area contributed by atoms with E-state index in [-0.39, 0.29) is 0 Å². The van der Waals surface area contributed by atoms with Gasteiger partial charge in [-0.3, -0.25) is 4.57 Å². The van der Waals surface area contributed by atoms with E-state index in [9.17, 15) is 0 Å². The van der Waals surface area contributed by atoms with E-state index < -0.39 is 0 Å². The van der Waals surface area contributed by atoms with Crippen molar-refractivity contribution in [2.24, 2.45) is 0 Å². The summed E-state index contributed by atoms with van der Waals surface area (Å²) >= 11 is 14.7. The molecule has 0 atom stereocenters. The highest BCUT2D eigenvalue weighted by molar-refractivity contribution is 7.25. The average Bonchev–Trinajstić information content (AvgIpc) is 4.20. The predicted molar refractivity (Wildman–Crippen MR) is 328 cm³/mol. The number of fused-ring (bicyclic) bond motifs is 9. The Morgan fingerprint density at radius 3 is 1.45 bits per heavy atom. The van der Waals surface area contributed by atoms with Gasteiger partial charge in [0.05, 0.1) is 22.1 Å². The van der Waals surface area contributed by atoms with Gasteiger partial charge in [0.1, 0.15) is 0 Å². The third kappa shape index (κ3) is 7.90. The molecule has 9 heteroatoms. The van der Waals surface area contributed by atoms with Crippen LogP contribution in [0.25, 0.3) is 120 Å². The Balaban J connectivity index is 0.915. The molecule has 4 heterocycles. The minimum Gasteiger partial charge on any atom is -0.310 e. The summed E-state index contributed by atoms with van der Waals surface area (Å²) in [5, 5.41) is 8.23. The van der Waals surface area contributed by atoms with Gasteiger partial charge in [0.25, 0.3) is 0 Å². The first-order valence-corrected chi connectivity index (χ1v) is 27.4. The maximum Gasteiger partial charge on any atom is 0.238 e. The van der Waals surface area contributed by atoms with Gasteiger partial charge in [-0.2, -0.15) is 9.97 Å². The number of halogens is 2.